The number of aromatic nitrogens is 1. The van der Waals surface area contributed by atoms with Crippen LogP contribution in [0, 0.1) is 17.0 Å². The van der Waals surface area contributed by atoms with Gasteiger partial charge in [0.2, 0.25) is 0 Å². The van der Waals surface area contributed by atoms with Gasteiger partial charge in [0.1, 0.15) is 11.4 Å². The predicted octanol–water partition coefficient (Wildman–Crippen LogP) is 3.61. The number of nitrogens with two attached hydrogens (primary N) is 1. The number of carbonyl (C=O) groups excluding carboxylic acids is 2. The number of non-ortho nitro benzene ring substituents is 1. The zero-order valence-electron chi connectivity index (χ0n) is 16.9. The van der Waals surface area contributed by atoms with Crippen LogP contribution in [0.5, 0.6) is 0 Å². The highest BCUT2D eigenvalue weighted by molar-refractivity contribution is 6.02. The van der Waals surface area contributed by atoms with Gasteiger partial charge in [-0.15, -0.1) is 0 Å². The van der Waals surface area contributed by atoms with Crippen LogP contribution in [0.3, 0.4) is 0 Å². The molecule has 0 bridgehead atoms. The van der Waals surface area contributed by atoms with Gasteiger partial charge in [-0.3, -0.25) is 10.1 Å². The first-order valence-electron chi connectivity index (χ1n) is 8.89. The van der Waals surface area contributed by atoms with E-state index in [0.29, 0.717) is 16.8 Å². The van der Waals surface area contributed by atoms with E-state index in [1.807, 2.05) is 0 Å². The van der Waals surface area contributed by atoms with Gasteiger partial charge in [-0.1, -0.05) is 0 Å². The molecule has 10 nitrogen and oxygen atoms in total. The van der Waals surface area contributed by atoms with E-state index in [1.54, 1.807) is 34.6 Å². The number of anilines is 1. The van der Waals surface area contributed by atoms with Crippen LogP contribution in [0.2, 0.25) is 0 Å². The maximum atomic E-state index is 12.6. The van der Waals surface area contributed by atoms with Crippen LogP contribution in [-0.2, 0) is 9.47 Å². The van der Waals surface area contributed by atoms with E-state index in [9.17, 15) is 19.7 Å². The fraction of sp³-hybridized carbons (Fsp3) is 0.368. The Morgan fingerprint density at radius 3 is 2.31 bits per heavy atom. The first kappa shape index (κ1) is 21.7. The summed E-state index contributed by atoms with van der Waals surface area (Å²) in [4.78, 5) is 35.2. The molecule has 0 atom stereocenters. The van der Waals surface area contributed by atoms with Gasteiger partial charge in [0.25, 0.3) is 5.69 Å². The molecule has 2 rings (SSSR count). The van der Waals surface area contributed by atoms with Crippen molar-refractivity contribution < 1.29 is 24.0 Å². The average Bonchev–Trinajstić information content (AvgIpc) is 2.85. The number of nitrogen functional groups attached to an aromatic ring is 1. The Morgan fingerprint density at radius 1 is 1.24 bits per heavy atom. The normalized spacial score (nSPS) is 11.1. The van der Waals surface area contributed by atoms with E-state index in [2.05, 4.69) is 5.43 Å². The summed E-state index contributed by atoms with van der Waals surface area (Å²) >= 11 is 0. The lowest BCUT2D eigenvalue weighted by Crippen LogP contribution is -2.32. The number of nitrogens with zero attached hydrogens (tertiary/aromatic N) is 2. The van der Waals surface area contributed by atoms with Crippen LogP contribution in [0.4, 0.5) is 16.3 Å². The van der Waals surface area contributed by atoms with E-state index >= 15 is 0 Å². The van der Waals surface area contributed by atoms with Crippen LogP contribution >= 0.6 is 0 Å². The molecule has 10 heteroatoms. The Morgan fingerprint density at radius 2 is 1.83 bits per heavy atom. The molecule has 0 aliphatic carbocycles. The van der Waals surface area contributed by atoms with Crippen molar-refractivity contribution in [1.29, 1.82) is 0 Å². The number of hydrogen-bond acceptors (Lipinski definition) is 7. The molecule has 29 heavy (non-hydrogen) atoms. The number of carbonyl (C=O) groups is 2. The zero-order valence-corrected chi connectivity index (χ0v) is 16.9. The van der Waals surface area contributed by atoms with Gasteiger partial charge in [0.05, 0.1) is 22.8 Å². The molecule has 0 aliphatic rings. The third kappa shape index (κ3) is 4.84. The van der Waals surface area contributed by atoms with Crippen molar-refractivity contribution in [2.75, 3.05) is 17.8 Å². The van der Waals surface area contributed by atoms with E-state index in [4.69, 9.17) is 15.2 Å². The number of rotatable bonds is 5. The number of hydrogen-bond donors (Lipinski definition) is 2. The van der Waals surface area contributed by atoms with Crippen LogP contribution in [0.1, 0.15) is 43.7 Å². The van der Waals surface area contributed by atoms with Gasteiger partial charge in [0, 0.05) is 17.7 Å². The lowest BCUT2D eigenvalue weighted by atomic mass is 10.0. The molecule has 0 radical (unpaired) electrons. The lowest BCUT2D eigenvalue weighted by molar-refractivity contribution is -0.384. The second-order valence-corrected chi connectivity index (χ2v) is 7.19. The third-order valence-electron chi connectivity index (χ3n) is 3.89. The van der Waals surface area contributed by atoms with Crippen LogP contribution in [-0.4, -0.2) is 33.9 Å². The van der Waals surface area contributed by atoms with Crippen molar-refractivity contribution in [3.8, 4) is 11.1 Å². The topological polar surface area (TPSA) is 139 Å². The number of ether oxygens (including phenoxy) is 2. The molecule has 0 saturated carbocycles. The molecule has 0 saturated heterocycles. The summed E-state index contributed by atoms with van der Waals surface area (Å²) in [5.74, 6) is -0.569. The SMILES string of the molecule is CCOC(=O)c1c(-c2ccc([N+](=O)[O-])cc2)c(N)n(NC(=O)OC(C)(C)C)c1C. The maximum Gasteiger partial charge on any atom is 0.427 e. The second kappa shape index (κ2) is 8.21. The van der Waals surface area contributed by atoms with Crippen molar-refractivity contribution in [2.45, 2.75) is 40.2 Å². The molecule has 2 aromatic rings. The van der Waals surface area contributed by atoms with E-state index in [0.717, 1.165) is 0 Å². The largest absolute Gasteiger partial charge is 0.462 e. The summed E-state index contributed by atoms with van der Waals surface area (Å²) in [6.45, 7) is 8.54. The van der Waals surface area contributed by atoms with E-state index in [-0.39, 0.29) is 23.7 Å². The molecule has 156 valence electrons. The highest BCUT2D eigenvalue weighted by Crippen LogP contribution is 2.35. The Balaban J connectivity index is 2.58. The first-order chi connectivity index (χ1) is 13.5. The average molecular weight is 404 g/mol. The Labute approximate surface area is 167 Å². The maximum absolute atomic E-state index is 12.6. The highest BCUT2D eigenvalue weighted by atomic mass is 16.6. The van der Waals surface area contributed by atoms with Gasteiger partial charge in [0.15, 0.2) is 0 Å². The molecule has 1 heterocycles. The van der Waals surface area contributed by atoms with Crippen molar-refractivity contribution in [1.82, 2.24) is 4.68 Å². The Bertz CT molecular complexity index is 941. The standard InChI is InChI=1S/C19H24N4O6/c1-6-28-17(24)14-11(2)22(21-18(25)29-19(3,4)5)16(20)15(14)12-7-9-13(10-8-12)23(26)27/h7-10H,6,20H2,1-5H3,(H,21,25). The zero-order chi connectivity index (χ0) is 21.9. The number of amides is 1. The third-order valence-corrected chi connectivity index (χ3v) is 3.89. The molecular formula is C19H24N4O6. The summed E-state index contributed by atoms with van der Waals surface area (Å²) in [5, 5.41) is 10.9. The summed E-state index contributed by atoms with van der Waals surface area (Å²) in [6, 6.07) is 5.56. The van der Waals surface area contributed by atoms with Crippen LogP contribution in [0.15, 0.2) is 24.3 Å². The van der Waals surface area contributed by atoms with Crippen molar-refractivity contribution >= 4 is 23.6 Å². The summed E-state index contributed by atoms with van der Waals surface area (Å²) in [5.41, 5.74) is 9.14. The first-order valence-corrected chi connectivity index (χ1v) is 8.89. The van der Waals surface area contributed by atoms with Gasteiger partial charge in [-0.05, 0) is 52.3 Å². The van der Waals surface area contributed by atoms with Crippen molar-refractivity contribution in [2.24, 2.45) is 0 Å². The monoisotopic (exact) mass is 404 g/mol. The minimum atomic E-state index is -0.757. The number of esters is 1. The fourth-order valence-corrected chi connectivity index (χ4v) is 2.74. The summed E-state index contributed by atoms with van der Waals surface area (Å²) in [6.07, 6.45) is -0.757. The molecule has 1 amide bonds. The smallest absolute Gasteiger partial charge is 0.427 e. The van der Waals surface area contributed by atoms with Gasteiger partial charge >= 0.3 is 12.1 Å². The van der Waals surface area contributed by atoms with Gasteiger partial charge in [-0.25, -0.2) is 19.7 Å². The molecule has 3 N–H and O–H groups in total. The van der Waals surface area contributed by atoms with E-state index in [1.165, 1.54) is 28.9 Å². The molecule has 0 unspecified atom stereocenters. The van der Waals surface area contributed by atoms with Crippen molar-refractivity contribution in [3.05, 3.63) is 45.6 Å². The minimum Gasteiger partial charge on any atom is -0.462 e. The number of nitro groups is 1. The molecule has 0 fully saturated rings. The van der Waals surface area contributed by atoms with E-state index < -0.39 is 22.6 Å². The lowest BCUT2D eigenvalue weighted by Gasteiger charge is -2.20. The number of nitro benzene ring substituents is 1. The van der Waals surface area contributed by atoms with Gasteiger partial charge in [-0.2, -0.15) is 0 Å². The van der Waals surface area contributed by atoms with Gasteiger partial charge < -0.3 is 15.2 Å². The predicted molar refractivity (Wildman–Crippen MR) is 107 cm³/mol. The molecule has 1 aromatic heterocycles. The quantitative estimate of drug-likeness (QED) is 0.441. The highest BCUT2D eigenvalue weighted by Gasteiger charge is 2.28. The molecule has 0 spiro atoms. The second-order valence-electron chi connectivity index (χ2n) is 7.19. The van der Waals surface area contributed by atoms with Crippen molar-refractivity contribution in [3.63, 3.8) is 0 Å². The van der Waals surface area contributed by atoms with Crippen LogP contribution < -0.4 is 11.2 Å². The number of nitrogens with one attached hydrogen (secondary N) is 1. The summed E-state index contributed by atoms with van der Waals surface area (Å²) < 4.78 is 11.6. The Hall–Kier alpha value is -3.56. The number of benzene rings is 1. The molecule has 1 aromatic carbocycles. The molecule has 0 aliphatic heterocycles. The fourth-order valence-electron chi connectivity index (χ4n) is 2.74. The van der Waals surface area contributed by atoms with Crippen LogP contribution in [0.25, 0.3) is 11.1 Å². The molecular weight excluding hydrogens is 380 g/mol. The minimum absolute atomic E-state index is 0.0604. The Kier molecular flexibility index (Phi) is 6.15. The summed E-state index contributed by atoms with van der Waals surface area (Å²) in [7, 11) is 0.